The molecule has 0 aromatic heterocycles. The second kappa shape index (κ2) is 4.51. The lowest BCUT2D eigenvalue weighted by molar-refractivity contribution is -0.124. The van der Waals surface area contributed by atoms with Crippen LogP contribution in [0.2, 0.25) is 0 Å². The minimum Gasteiger partial charge on any atom is -0.506 e. The summed E-state index contributed by atoms with van der Waals surface area (Å²) in [6, 6.07) is 5.61. The third-order valence-corrected chi connectivity index (χ3v) is 5.52. The lowest BCUT2D eigenvalue weighted by Gasteiger charge is -2.34. The van der Waals surface area contributed by atoms with Crippen LogP contribution >= 0.6 is 0 Å². The highest BCUT2D eigenvalue weighted by molar-refractivity contribution is 5.98. The van der Waals surface area contributed by atoms with Gasteiger partial charge in [0.15, 0.2) is 0 Å². The van der Waals surface area contributed by atoms with Gasteiger partial charge in [0.05, 0.1) is 5.69 Å². The van der Waals surface area contributed by atoms with Crippen LogP contribution in [0.1, 0.15) is 37.7 Å². The number of fused-ring (bicyclic) bond motifs is 3. The monoisotopic (exact) mass is 271 g/mol. The molecule has 2 bridgehead atoms. The molecule has 3 atom stereocenters. The van der Waals surface area contributed by atoms with Crippen LogP contribution in [0.15, 0.2) is 18.2 Å². The Morgan fingerprint density at radius 1 is 1.25 bits per heavy atom. The molecule has 3 aliphatic rings. The lowest BCUT2D eigenvalue weighted by atomic mass is 9.87. The zero-order chi connectivity index (χ0) is 13.7. The van der Waals surface area contributed by atoms with Crippen LogP contribution in [-0.2, 0) is 11.2 Å². The van der Waals surface area contributed by atoms with Gasteiger partial charge in [-0.05, 0) is 55.6 Å². The molecule has 1 aromatic carbocycles. The zero-order valence-electron chi connectivity index (χ0n) is 11.7. The Morgan fingerprint density at radius 3 is 2.90 bits per heavy atom. The second-order valence-corrected chi connectivity index (χ2v) is 6.66. The first kappa shape index (κ1) is 12.2. The van der Waals surface area contributed by atoms with Crippen molar-refractivity contribution in [3.8, 4) is 5.75 Å². The number of phenols is 1. The topological polar surface area (TPSA) is 40.5 Å². The summed E-state index contributed by atoms with van der Waals surface area (Å²) < 4.78 is 0. The predicted molar refractivity (Wildman–Crippen MR) is 77.7 cm³/mol. The fraction of sp³-hybridized carbons (Fsp3) is 0.588. The Morgan fingerprint density at radius 2 is 2.15 bits per heavy atom. The summed E-state index contributed by atoms with van der Waals surface area (Å²) in [5, 5.41) is 10.2. The quantitative estimate of drug-likeness (QED) is 0.852. The zero-order valence-corrected chi connectivity index (χ0v) is 11.7. The summed E-state index contributed by atoms with van der Waals surface area (Å²) in [7, 11) is 0. The van der Waals surface area contributed by atoms with Crippen molar-refractivity contribution < 1.29 is 9.90 Å². The number of carbonyl (C=O) groups excluding carboxylic acids is 1. The number of hydrogen-bond acceptors (Lipinski definition) is 2. The third-order valence-electron chi connectivity index (χ3n) is 5.52. The smallest absolute Gasteiger partial charge is 0.230 e. The number of rotatable bonds is 1. The van der Waals surface area contributed by atoms with Gasteiger partial charge in [0.1, 0.15) is 5.75 Å². The van der Waals surface area contributed by atoms with Crippen LogP contribution in [-0.4, -0.2) is 17.6 Å². The SMILES string of the molecule is O=C(C1CC2CCC1C2)N1CCCc2cccc(O)c21. The molecule has 3 unspecified atom stereocenters. The van der Waals surface area contributed by atoms with Crippen molar-refractivity contribution in [2.45, 2.75) is 38.5 Å². The molecule has 20 heavy (non-hydrogen) atoms. The summed E-state index contributed by atoms with van der Waals surface area (Å²) in [6.45, 7) is 0.761. The third kappa shape index (κ3) is 1.75. The summed E-state index contributed by atoms with van der Waals surface area (Å²) in [6.07, 6.45) is 6.83. The van der Waals surface area contributed by atoms with Gasteiger partial charge in [-0.25, -0.2) is 0 Å². The van der Waals surface area contributed by atoms with E-state index in [4.69, 9.17) is 0 Å². The molecule has 1 heterocycles. The van der Waals surface area contributed by atoms with Crippen LogP contribution in [0.5, 0.6) is 5.75 Å². The van der Waals surface area contributed by atoms with Crippen LogP contribution < -0.4 is 4.90 Å². The lowest BCUT2D eigenvalue weighted by Crippen LogP contribution is -2.41. The van der Waals surface area contributed by atoms with Crippen LogP contribution in [0.25, 0.3) is 0 Å². The molecule has 0 saturated heterocycles. The Balaban J connectivity index is 1.65. The van der Waals surface area contributed by atoms with E-state index in [2.05, 4.69) is 0 Å². The Labute approximate surface area is 119 Å². The summed E-state index contributed by atoms with van der Waals surface area (Å²) in [4.78, 5) is 14.8. The number of benzene rings is 1. The van der Waals surface area contributed by atoms with E-state index in [1.807, 2.05) is 17.0 Å². The molecular weight excluding hydrogens is 250 g/mol. The van der Waals surface area contributed by atoms with Gasteiger partial charge >= 0.3 is 0 Å². The van der Waals surface area contributed by atoms with Crippen molar-refractivity contribution in [3.05, 3.63) is 23.8 Å². The van der Waals surface area contributed by atoms with E-state index in [0.717, 1.165) is 43.0 Å². The number of phenolic OH excluding ortho intramolecular Hbond substituents is 1. The summed E-state index contributed by atoms with van der Waals surface area (Å²) >= 11 is 0. The average Bonchev–Trinajstić information content (AvgIpc) is 3.09. The number of anilines is 1. The molecule has 4 rings (SSSR count). The van der Waals surface area contributed by atoms with E-state index in [1.54, 1.807) is 6.07 Å². The average molecular weight is 271 g/mol. The van der Waals surface area contributed by atoms with E-state index >= 15 is 0 Å². The molecule has 2 aliphatic carbocycles. The van der Waals surface area contributed by atoms with Crippen molar-refractivity contribution in [2.24, 2.45) is 17.8 Å². The van der Waals surface area contributed by atoms with Crippen molar-refractivity contribution in [1.29, 1.82) is 0 Å². The number of aromatic hydroxyl groups is 1. The van der Waals surface area contributed by atoms with Gasteiger partial charge in [-0.3, -0.25) is 4.79 Å². The van der Waals surface area contributed by atoms with Gasteiger partial charge in [-0.1, -0.05) is 18.6 Å². The highest BCUT2D eigenvalue weighted by Crippen LogP contribution is 2.50. The number of hydrogen-bond donors (Lipinski definition) is 1. The predicted octanol–water partition coefficient (Wildman–Crippen LogP) is 3.11. The number of para-hydroxylation sites is 1. The van der Waals surface area contributed by atoms with Crippen molar-refractivity contribution in [3.63, 3.8) is 0 Å². The first-order valence-electron chi connectivity index (χ1n) is 7.86. The van der Waals surface area contributed by atoms with Crippen molar-refractivity contribution in [2.75, 3.05) is 11.4 Å². The molecule has 3 nitrogen and oxygen atoms in total. The Hall–Kier alpha value is -1.51. The molecule has 2 fully saturated rings. The molecule has 0 spiro atoms. The van der Waals surface area contributed by atoms with Crippen molar-refractivity contribution in [1.82, 2.24) is 0 Å². The van der Waals surface area contributed by atoms with E-state index < -0.39 is 0 Å². The normalized spacial score (nSPS) is 31.4. The summed E-state index contributed by atoms with van der Waals surface area (Å²) in [5.41, 5.74) is 1.90. The molecule has 1 aromatic rings. The van der Waals surface area contributed by atoms with Gasteiger partial charge in [0.2, 0.25) is 5.91 Å². The Bertz CT molecular complexity index is 554. The van der Waals surface area contributed by atoms with Gasteiger partial charge < -0.3 is 10.0 Å². The van der Waals surface area contributed by atoms with E-state index in [9.17, 15) is 9.90 Å². The highest BCUT2D eigenvalue weighted by atomic mass is 16.3. The molecule has 1 N–H and O–H groups in total. The fourth-order valence-electron chi connectivity index (χ4n) is 4.60. The largest absolute Gasteiger partial charge is 0.506 e. The maximum Gasteiger partial charge on any atom is 0.230 e. The standard InChI is InChI=1S/C17H21NO2/c19-15-5-1-3-12-4-2-8-18(16(12)15)17(20)14-10-11-6-7-13(14)9-11/h1,3,5,11,13-14,19H,2,4,6-10H2. The molecule has 0 radical (unpaired) electrons. The highest BCUT2D eigenvalue weighted by Gasteiger charge is 2.45. The molecule has 1 amide bonds. The number of amides is 1. The van der Waals surface area contributed by atoms with Crippen molar-refractivity contribution >= 4 is 11.6 Å². The number of carbonyl (C=O) groups is 1. The fourth-order valence-corrected chi connectivity index (χ4v) is 4.60. The second-order valence-electron chi connectivity index (χ2n) is 6.66. The van der Waals surface area contributed by atoms with E-state index in [1.165, 1.54) is 19.3 Å². The molecular formula is C17H21NO2. The maximum absolute atomic E-state index is 12.9. The van der Waals surface area contributed by atoms with Crippen LogP contribution in [0.4, 0.5) is 5.69 Å². The van der Waals surface area contributed by atoms with E-state index in [-0.39, 0.29) is 17.6 Å². The van der Waals surface area contributed by atoms with Gasteiger partial charge in [-0.2, -0.15) is 0 Å². The maximum atomic E-state index is 12.9. The first-order valence-corrected chi connectivity index (χ1v) is 7.86. The molecule has 3 heteroatoms. The minimum absolute atomic E-state index is 0.208. The van der Waals surface area contributed by atoms with Crippen LogP contribution in [0, 0.1) is 17.8 Å². The number of aryl methyl sites for hydroxylation is 1. The van der Waals surface area contributed by atoms with E-state index in [0.29, 0.717) is 5.92 Å². The molecule has 2 saturated carbocycles. The molecule has 1 aliphatic heterocycles. The van der Waals surface area contributed by atoms with Gasteiger partial charge in [-0.15, -0.1) is 0 Å². The van der Waals surface area contributed by atoms with Crippen LogP contribution in [0.3, 0.4) is 0 Å². The summed E-state index contributed by atoms with van der Waals surface area (Å²) in [5.74, 6) is 2.11. The van der Waals surface area contributed by atoms with Gasteiger partial charge in [0.25, 0.3) is 0 Å². The Kier molecular flexibility index (Phi) is 2.76. The minimum atomic E-state index is 0.208. The first-order chi connectivity index (χ1) is 9.74. The van der Waals surface area contributed by atoms with Gasteiger partial charge in [0, 0.05) is 12.5 Å². The number of nitrogens with zero attached hydrogens (tertiary/aromatic N) is 1. The molecule has 106 valence electrons.